The molecule has 1 atom stereocenters. The van der Waals surface area contributed by atoms with Crippen LogP contribution in [0.15, 0.2) is 57.9 Å². The standard InChI is InChI=1S/C26H26BrNO6S/c1-31-23-9-4-16-12-22-20-14-25(33-3)24(32-2)13-17(20)10-11-28(22)15-21(16)26(23)34-35(29,30)19-7-5-18(27)6-8-19/h4-9,13-14,22H,10-12,15H2,1-3H3. The Kier molecular flexibility index (Phi) is 6.41. The van der Waals surface area contributed by atoms with Gasteiger partial charge in [0.2, 0.25) is 0 Å². The summed E-state index contributed by atoms with van der Waals surface area (Å²) in [6.45, 7) is 1.39. The van der Waals surface area contributed by atoms with Crippen molar-refractivity contribution < 1.29 is 26.8 Å². The Labute approximate surface area is 213 Å². The molecule has 0 aliphatic carbocycles. The van der Waals surface area contributed by atoms with Gasteiger partial charge in [0, 0.05) is 29.2 Å². The van der Waals surface area contributed by atoms with Gasteiger partial charge in [0.1, 0.15) is 4.90 Å². The largest absolute Gasteiger partial charge is 0.493 e. The zero-order valence-electron chi connectivity index (χ0n) is 19.7. The lowest BCUT2D eigenvalue weighted by molar-refractivity contribution is 0.158. The number of hydrogen-bond donors (Lipinski definition) is 0. The summed E-state index contributed by atoms with van der Waals surface area (Å²) < 4.78 is 49.3. The van der Waals surface area contributed by atoms with Gasteiger partial charge in [0.05, 0.1) is 21.3 Å². The fourth-order valence-electron chi connectivity index (χ4n) is 4.94. The molecule has 0 saturated carbocycles. The Morgan fingerprint density at radius 2 is 1.57 bits per heavy atom. The lowest BCUT2D eigenvalue weighted by Crippen LogP contribution is -2.39. The van der Waals surface area contributed by atoms with E-state index in [1.807, 2.05) is 6.07 Å². The number of fused-ring (bicyclic) bond motifs is 4. The highest BCUT2D eigenvalue weighted by molar-refractivity contribution is 9.10. The van der Waals surface area contributed by atoms with E-state index in [0.29, 0.717) is 18.0 Å². The molecule has 1 unspecified atom stereocenters. The first-order valence-corrected chi connectivity index (χ1v) is 13.4. The van der Waals surface area contributed by atoms with Gasteiger partial charge in [-0.1, -0.05) is 22.0 Å². The highest BCUT2D eigenvalue weighted by atomic mass is 79.9. The Morgan fingerprint density at radius 1 is 0.886 bits per heavy atom. The second kappa shape index (κ2) is 9.37. The van der Waals surface area contributed by atoms with Crippen LogP contribution in [-0.2, 0) is 29.5 Å². The summed E-state index contributed by atoms with van der Waals surface area (Å²) in [5.41, 5.74) is 4.33. The molecular formula is C26H26BrNO6S. The minimum Gasteiger partial charge on any atom is -0.493 e. The lowest BCUT2D eigenvalue weighted by atomic mass is 9.83. The SMILES string of the molecule is COc1cc2c(cc1OC)C1Cc3ccc(OC)c(OS(=O)(=O)c4ccc(Br)cc4)c3CN1CC2. The first-order chi connectivity index (χ1) is 16.8. The lowest BCUT2D eigenvalue weighted by Gasteiger charge is -2.42. The normalized spacial score (nSPS) is 17.1. The number of benzene rings is 3. The fourth-order valence-corrected chi connectivity index (χ4v) is 6.17. The Hall–Kier alpha value is -2.75. The van der Waals surface area contributed by atoms with Crippen molar-refractivity contribution in [3.8, 4) is 23.0 Å². The Bertz CT molecular complexity index is 1370. The van der Waals surface area contributed by atoms with Crippen molar-refractivity contribution in [1.82, 2.24) is 4.90 Å². The molecule has 3 aromatic carbocycles. The van der Waals surface area contributed by atoms with Crippen LogP contribution in [0.2, 0.25) is 0 Å². The molecule has 3 aromatic rings. The topological polar surface area (TPSA) is 74.3 Å². The van der Waals surface area contributed by atoms with E-state index in [9.17, 15) is 8.42 Å². The molecule has 7 nitrogen and oxygen atoms in total. The molecule has 0 spiro atoms. The van der Waals surface area contributed by atoms with Crippen LogP contribution in [0.1, 0.15) is 28.3 Å². The third-order valence-corrected chi connectivity index (χ3v) is 8.49. The van der Waals surface area contributed by atoms with Crippen molar-refractivity contribution in [2.75, 3.05) is 27.9 Å². The maximum Gasteiger partial charge on any atom is 0.339 e. The minimum atomic E-state index is -4.04. The molecule has 2 aliphatic rings. The highest BCUT2D eigenvalue weighted by Gasteiger charge is 2.36. The summed E-state index contributed by atoms with van der Waals surface area (Å²) in [7, 11) is 0.764. The Morgan fingerprint density at radius 3 is 2.26 bits per heavy atom. The van der Waals surface area contributed by atoms with E-state index in [1.54, 1.807) is 32.4 Å². The van der Waals surface area contributed by atoms with E-state index in [-0.39, 0.29) is 16.7 Å². The van der Waals surface area contributed by atoms with Gasteiger partial charge < -0.3 is 18.4 Å². The summed E-state index contributed by atoms with van der Waals surface area (Å²) >= 11 is 3.34. The van der Waals surface area contributed by atoms with Gasteiger partial charge in [0.25, 0.3) is 0 Å². The average Bonchev–Trinajstić information content (AvgIpc) is 2.87. The van der Waals surface area contributed by atoms with E-state index in [2.05, 4.69) is 33.0 Å². The molecular weight excluding hydrogens is 534 g/mol. The fraction of sp³-hybridized carbons (Fsp3) is 0.308. The Balaban J connectivity index is 1.53. The van der Waals surface area contributed by atoms with Gasteiger partial charge in [-0.25, -0.2) is 0 Å². The monoisotopic (exact) mass is 559 g/mol. The predicted octanol–water partition coefficient (Wildman–Crippen LogP) is 4.90. The van der Waals surface area contributed by atoms with E-state index in [4.69, 9.17) is 18.4 Å². The molecule has 0 aromatic heterocycles. The van der Waals surface area contributed by atoms with Crippen molar-refractivity contribution in [3.63, 3.8) is 0 Å². The van der Waals surface area contributed by atoms with Gasteiger partial charge in [-0.05, 0) is 72.0 Å². The van der Waals surface area contributed by atoms with Crippen molar-refractivity contribution in [2.24, 2.45) is 0 Å². The maximum atomic E-state index is 13.1. The summed E-state index contributed by atoms with van der Waals surface area (Å²) in [6, 6.07) is 14.4. The number of nitrogens with zero attached hydrogens (tertiary/aromatic N) is 1. The van der Waals surface area contributed by atoms with Crippen molar-refractivity contribution in [1.29, 1.82) is 0 Å². The van der Waals surface area contributed by atoms with Crippen LogP contribution in [0.25, 0.3) is 0 Å². The predicted molar refractivity (Wildman–Crippen MR) is 135 cm³/mol. The smallest absolute Gasteiger partial charge is 0.339 e. The van der Waals surface area contributed by atoms with Crippen LogP contribution in [0.3, 0.4) is 0 Å². The van der Waals surface area contributed by atoms with Crippen molar-refractivity contribution in [2.45, 2.75) is 30.3 Å². The molecule has 0 radical (unpaired) electrons. The van der Waals surface area contributed by atoms with Gasteiger partial charge in [-0.3, -0.25) is 4.90 Å². The minimum absolute atomic E-state index is 0.0852. The molecule has 184 valence electrons. The van der Waals surface area contributed by atoms with E-state index >= 15 is 0 Å². The van der Waals surface area contributed by atoms with E-state index in [1.165, 1.54) is 30.4 Å². The molecule has 0 bridgehead atoms. The third-order valence-electron chi connectivity index (χ3n) is 6.72. The van der Waals surface area contributed by atoms with E-state index < -0.39 is 10.1 Å². The van der Waals surface area contributed by atoms with Gasteiger partial charge in [-0.15, -0.1) is 0 Å². The second-order valence-corrected chi connectivity index (χ2v) is 11.0. The molecule has 5 rings (SSSR count). The highest BCUT2D eigenvalue weighted by Crippen LogP contribution is 2.46. The number of rotatable bonds is 6. The van der Waals surface area contributed by atoms with Crippen LogP contribution in [0, 0.1) is 0 Å². The summed E-state index contributed by atoms with van der Waals surface area (Å²) in [5.74, 6) is 2.09. The quantitative estimate of drug-likeness (QED) is 0.397. The number of ether oxygens (including phenoxy) is 3. The van der Waals surface area contributed by atoms with Gasteiger partial charge in [0.15, 0.2) is 23.0 Å². The first-order valence-electron chi connectivity index (χ1n) is 11.2. The molecule has 0 fully saturated rings. The molecule has 0 saturated heterocycles. The zero-order valence-corrected chi connectivity index (χ0v) is 22.1. The summed E-state index contributed by atoms with van der Waals surface area (Å²) in [5, 5.41) is 0. The van der Waals surface area contributed by atoms with Crippen LogP contribution in [0.4, 0.5) is 0 Å². The second-order valence-electron chi connectivity index (χ2n) is 8.57. The van der Waals surface area contributed by atoms with Crippen LogP contribution >= 0.6 is 15.9 Å². The van der Waals surface area contributed by atoms with Crippen LogP contribution < -0.4 is 18.4 Å². The molecule has 0 N–H and O–H groups in total. The molecule has 2 heterocycles. The van der Waals surface area contributed by atoms with Gasteiger partial charge >= 0.3 is 10.1 Å². The molecule has 2 aliphatic heterocycles. The number of halogens is 1. The zero-order chi connectivity index (χ0) is 24.7. The molecule has 0 amide bonds. The number of methoxy groups -OCH3 is 3. The summed E-state index contributed by atoms with van der Waals surface area (Å²) in [4.78, 5) is 2.44. The third kappa shape index (κ3) is 4.37. The van der Waals surface area contributed by atoms with Gasteiger partial charge in [-0.2, -0.15) is 8.42 Å². The maximum absolute atomic E-state index is 13.1. The summed E-state index contributed by atoms with van der Waals surface area (Å²) in [6.07, 6.45) is 1.58. The molecule has 35 heavy (non-hydrogen) atoms. The average molecular weight is 560 g/mol. The number of hydrogen-bond acceptors (Lipinski definition) is 7. The van der Waals surface area contributed by atoms with Crippen molar-refractivity contribution >= 4 is 26.0 Å². The molecule has 9 heteroatoms. The first kappa shape index (κ1) is 24.0. The van der Waals surface area contributed by atoms with Crippen molar-refractivity contribution in [3.05, 3.63) is 75.3 Å². The van der Waals surface area contributed by atoms with Crippen LogP contribution in [-0.4, -0.2) is 41.2 Å². The van der Waals surface area contributed by atoms with Crippen LogP contribution in [0.5, 0.6) is 23.0 Å². The van der Waals surface area contributed by atoms with E-state index in [0.717, 1.165) is 40.7 Å².